The predicted molar refractivity (Wildman–Crippen MR) is 95.2 cm³/mol. The van der Waals surface area contributed by atoms with E-state index in [0.717, 1.165) is 31.6 Å². The summed E-state index contributed by atoms with van der Waals surface area (Å²) in [6.45, 7) is 6.62. The first-order valence-electron chi connectivity index (χ1n) is 8.70. The molecule has 3 rings (SSSR count). The molecule has 0 aliphatic carbocycles. The fourth-order valence-electron chi connectivity index (χ4n) is 3.46. The van der Waals surface area contributed by atoms with Gasteiger partial charge < -0.3 is 10.6 Å². The minimum Gasteiger partial charge on any atom is -0.323 e. The number of amides is 2. The maximum atomic E-state index is 12.7. The Morgan fingerprint density at radius 3 is 2.71 bits per heavy atom. The monoisotopic (exact) mass is 330 g/mol. The number of hydrogen-bond acceptors (Lipinski definition) is 4. The third-order valence-corrected chi connectivity index (χ3v) is 4.59. The van der Waals surface area contributed by atoms with E-state index in [9.17, 15) is 9.59 Å². The van der Waals surface area contributed by atoms with Gasteiger partial charge in [-0.25, -0.2) is 0 Å². The van der Waals surface area contributed by atoms with Crippen molar-refractivity contribution in [1.29, 1.82) is 0 Å². The molecule has 1 saturated heterocycles. The molecule has 0 bridgehead atoms. The maximum Gasteiger partial charge on any atom is 0.244 e. The Kier molecular flexibility index (Phi) is 5.16. The lowest BCUT2D eigenvalue weighted by Crippen LogP contribution is -2.50. The topological polar surface area (TPSA) is 64.7 Å². The molecule has 2 aliphatic heterocycles. The molecule has 1 aromatic carbocycles. The Morgan fingerprint density at radius 2 is 2.00 bits per heavy atom. The molecule has 6 nitrogen and oxygen atoms in total. The zero-order valence-corrected chi connectivity index (χ0v) is 14.4. The molecule has 0 radical (unpaired) electrons. The van der Waals surface area contributed by atoms with Crippen molar-refractivity contribution in [3.63, 3.8) is 0 Å². The fourth-order valence-corrected chi connectivity index (χ4v) is 3.46. The van der Waals surface area contributed by atoms with Gasteiger partial charge in [-0.1, -0.05) is 26.0 Å². The SMILES string of the molecule is CC(C)NC1CCN(CC(=O)N2CC(=O)Nc3ccccc32)CC1. The van der Waals surface area contributed by atoms with Gasteiger partial charge in [-0.05, 0) is 25.0 Å². The Morgan fingerprint density at radius 1 is 1.29 bits per heavy atom. The number of anilines is 2. The molecule has 2 aliphatic rings. The molecule has 24 heavy (non-hydrogen) atoms. The largest absolute Gasteiger partial charge is 0.323 e. The van der Waals surface area contributed by atoms with E-state index >= 15 is 0 Å². The van der Waals surface area contributed by atoms with Gasteiger partial charge in [-0.15, -0.1) is 0 Å². The molecule has 2 amide bonds. The van der Waals surface area contributed by atoms with Crippen molar-refractivity contribution in [3.8, 4) is 0 Å². The summed E-state index contributed by atoms with van der Waals surface area (Å²) >= 11 is 0. The van der Waals surface area contributed by atoms with Crippen molar-refractivity contribution >= 4 is 23.2 Å². The molecule has 1 aromatic rings. The first-order chi connectivity index (χ1) is 11.5. The number of likely N-dealkylation sites (tertiary alicyclic amines) is 1. The van der Waals surface area contributed by atoms with E-state index < -0.39 is 0 Å². The number of hydrogen-bond donors (Lipinski definition) is 2. The van der Waals surface area contributed by atoms with E-state index in [1.807, 2.05) is 24.3 Å². The molecule has 0 aromatic heterocycles. The van der Waals surface area contributed by atoms with Gasteiger partial charge in [0.25, 0.3) is 0 Å². The second kappa shape index (κ2) is 7.32. The van der Waals surface area contributed by atoms with Crippen molar-refractivity contribution in [2.45, 2.75) is 38.8 Å². The van der Waals surface area contributed by atoms with Crippen molar-refractivity contribution in [3.05, 3.63) is 24.3 Å². The Bertz CT molecular complexity index is 609. The molecular weight excluding hydrogens is 304 g/mol. The maximum absolute atomic E-state index is 12.7. The van der Waals surface area contributed by atoms with Crippen LogP contribution in [0.15, 0.2) is 24.3 Å². The van der Waals surface area contributed by atoms with Crippen molar-refractivity contribution in [1.82, 2.24) is 10.2 Å². The Hall–Kier alpha value is -1.92. The van der Waals surface area contributed by atoms with Gasteiger partial charge in [0.15, 0.2) is 0 Å². The van der Waals surface area contributed by atoms with Crippen LogP contribution in [0, 0.1) is 0 Å². The highest BCUT2D eigenvalue weighted by molar-refractivity contribution is 6.10. The summed E-state index contributed by atoms with van der Waals surface area (Å²) < 4.78 is 0. The molecule has 0 unspecified atom stereocenters. The molecule has 0 saturated carbocycles. The number of carbonyl (C=O) groups excluding carboxylic acids is 2. The lowest BCUT2D eigenvalue weighted by atomic mass is 10.0. The number of piperidine rings is 1. The molecular formula is C18H26N4O2. The van der Waals surface area contributed by atoms with Gasteiger partial charge in [-0.2, -0.15) is 0 Å². The number of carbonyl (C=O) groups is 2. The van der Waals surface area contributed by atoms with E-state index in [4.69, 9.17) is 0 Å². The van der Waals surface area contributed by atoms with E-state index in [-0.39, 0.29) is 18.4 Å². The zero-order valence-electron chi connectivity index (χ0n) is 14.4. The van der Waals surface area contributed by atoms with Crippen LogP contribution in [0.25, 0.3) is 0 Å². The van der Waals surface area contributed by atoms with E-state index in [1.54, 1.807) is 4.90 Å². The fraction of sp³-hybridized carbons (Fsp3) is 0.556. The van der Waals surface area contributed by atoms with Crippen molar-refractivity contribution in [2.75, 3.05) is 36.4 Å². The molecule has 130 valence electrons. The van der Waals surface area contributed by atoms with Gasteiger partial charge in [0.05, 0.1) is 17.9 Å². The van der Waals surface area contributed by atoms with Crippen LogP contribution < -0.4 is 15.5 Å². The number of para-hydroxylation sites is 2. The number of nitrogens with zero attached hydrogens (tertiary/aromatic N) is 2. The highest BCUT2D eigenvalue weighted by atomic mass is 16.2. The van der Waals surface area contributed by atoms with Crippen LogP contribution in [0.5, 0.6) is 0 Å². The number of rotatable bonds is 4. The summed E-state index contributed by atoms with van der Waals surface area (Å²) in [5, 5.41) is 6.38. The highest BCUT2D eigenvalue weighted by Gasteiger charge is 2.28. The second-order valence-electron chi connectivity index (χ2n) is 6.92. The van der Waals surface area contributed by atoms with E-state index in [2.05, 4.69) is 29.4 Å². The molecule has 6 heteroatoms. The first-order valence-corrected chi connectivity index (χ1v) is 8.70. The predicted octanol–water partition coefficient (Wildman–Crippen LogP) is 1.43. The Labute approximate surface area is 143 Å². The Balaban J connectivity index is 1.59. The third kappa shape index (κ3) is 3.94. The first kappa shape index (κ1) is 16.9. The molecule has 1 fully saturated rings. The zero-order chi connectivity index (χ0) is 17.1. The van der Waals surface area contributed by atoms with Crippen LogP contribution in [0.3, 0.4) is 0 Å². The number of benzene rings is 1. The summed E-state index contributed by atoms with van der Waals surface area (Å²) in [5.74, 6) is -0.144. The smallest absolute Gasteiger partial charge is 0.244 e. The van der Waals surface area contributed by atoms with E-state index in [1.165, 1.54) is 0 Å². The molecule has 0 spiro atoms. The molecule has 0 atom stereocenters. The van der Waals surface area contributed by atoms with E-state index in [0.29, 0.717) is 24.3 Å². The summed E-state index contributed by atoms with van der Waals surface area (Å²) in [4.78, 5) is 28.4. The van der Waals surface area contributed by atoms with Crippen molar-refractivity contribution in [2.24, 2.45) is 0 Å². The minimum absolute atomic E-state index is 0.00688. The second-order valence-corrected chi connectivity index (χ2v) is 6.92. The quantitative estimate of drug-likeness (QED) is 0.877. The van der Waals surface area contributed by atoms with Gasteiger partial charge in [0, 0.05) is 25.2 Å². The van der Waals surface area contributed by atoms with Crippen LogP contribution in [-0.4, -0.2) is 55.0 Å². The number of fused-ring (bicyclic) bond motifs is 1. The van der Waals surface area contributed by atoms with Crippen LogP contribution in [0.4, 0.5) is 11.4 Å². The van der Waals surface area contributed by atoms with Crippen LogP contribution in [0.2, 0.25) is 0 Å². The van der Waals surface area contributed by atoms with Crippen molar-refractivity contribution < 1.29 is 9.59 Å². The average Bonchev–Trinajstić information content (AvgIpc) is 2.55. The summed E-state index contributed by atoms with van der Waals surface area (Å²) in [6, 6.07) is 8.49. The summed E-state index contributed by atoms with van der Waals surface area (Å²) in [7, 11) is 0. The highest BCUT2D eigenvalue weighted by Crippen LogP contribution is 2.29. The van der Waals surface area contributed by atoms with Crippen LogP contribution in [-0.2, 0) is 9.59 Å². The van der Waals surface area contributed by atoms with Crippen LogP contribution in [0.1, 0.15) is 26.7 Å². The van der Waals surface area contributed by atoms with Gasteiger partial charge >= 0.3 is 0 Å². The molecule has 2 heterocycles. The van der Waals surface area contributed by atoms with Gasteiger partial charge in [0.2, 0.25) is 11.8 Å². The lowest BCUT2D eigenvalue weighted by Gasteiger charge is -2.35. The number of nitrogens with one attached hydrogen (secondary N) is 2. The molecule has 2 N–H and O–H groups in total. The third-order valence-electron chi connectivity index (χ3n) is 4.59. The van der Waals surface area contributed by atoms with Gasteiger partial charge in [-0.3, -0.25) is 19.4 Å². The lowest BCUT2D eigenvalue weighted by molar-refractivity contribution is -0.122. The standard InChI is InChI=1S/C18H26N4O2/c1-13(2)19-14-7-9-21(10-8-14)12-18(24)22-11-17(23)20-15-5-3-4-6-16(15)22/h3-6,13-14,19H,7-12H2,1-2H3,(H,20,23). The summed E-state index contributed by atoms with van der Waals surface area (Å²) in [5.41, 5.74) is 1.50. The normalized spacial score (nSPS) is 19.3. The van der Waals surface area contributed by atoms with Crippen LogP contribution >= 0.6 is 0 Å². The summed E-state index contributed by atoms with van der Waals surface area (Å²) in [6.07, 6.45) is 2.12. The average molecular weight is 330 g/mol. The minimum atomic E-state index is -0.137. The van der Waals surface area contributed by atoms with Gasteiger partial charge in [0.1, 0.15) is 6.54 Å².